The van der Waals surface area contributed by atoms with Gasteiger partial charge < -0.3 is 15.8 Å². The second-order valence-electron chi connectivity index (χ2n) is 4.59. The molecule has 0 saturated heterocycles. The van der Waals surface area contributed by atoms with Gasteiger partial charge in [0.05, 0.1) is 11.6 Å². The van der Waals surface area contributed by atoms with Gasteiger partial charge >= 0.3 is 0 Å². The Morgan fingerprint density at radius 3 is 2.38 bits per heavy atom. The summed E-state index contributed by atoms with van der Waals surface area (Å²) in [5.74, 6) is 0.102. The third-order valence-corrected chi connectivity index (χ3v) is 2.80. The number of hydrogen-bond acceptors (Lipinski definition) is 3. The number of halogens is 1. The topological polar surface area (TPSA) is 64.4 Å². The van der Waals surface area contributed by atoms with Gasteiger partial charge in [-0.25, -0.2) is 0 Å². The molecular formula is C11H25ClN2O2. The standard InChI is InChI=1S/C11H24N2O2.ClH/c1-6-8(2)9(12)10(14)13-7-11(3,4)15-5;/h8-9H,6-7,12H2,1-5H3,(H,13,14);1H. The first-order chi connectivity index (χ1) is 6.84. The van der Waals surface area contributed by atoms with Gasteiger partial charge in [0.15, 0.2) is 0 Å². The van der Waals surface area contributed by atoms with Gasteiger partial charge in [0.2, 0.25) is 5.91 Å². The summed E-state index contributed by atoms with van der Waals surface area (Å²) in [5, 5.41) is 2.80. The van der Waals surface area contributed by atoms with E-state index in [0.29, 0.717) is 6.54 Å². The molecule has 0 aromatic heterocycles. The summed E-state index contributed by atoms with van der Waals surface area (Å²) in [5.41, 5.74) is 5.45. The zero-order valence-corrected chi connectivity index (χ0v) is 11.7. The summed E-state index contributed by atoms with van der Waals surface area (Å²) in [7, 11) is 1.63. The van der Waals surface area contributed by atoms with Crippen molar-refractivity contribution in [2.75, 3.05) is 13.7 Å². The van der Waals surface area contributed by atoms with E-state index in [2.05, 4.69) is 5.32 Å². The molecule has 0 aliphatic rings. The first kappa shape index (κ1) is 18.1. The predicted octanol–water partition coefficient (Wildman–Crippen LogP) is 1.32. The van der Waals surface area contributed by atoms with E-state index in [9.17, 15) is 4.79 Å². The lowest BCUT2D eigenvalue weighted by molar-refractivity contribution is -0.124. The van der Waals surface area contributed by atoms with Crippen LogP contribution in [0.25, 0.3) is 0 Å². The van der Waals surface area contributed by atoms with Crippen LogP contribution >= 0.6 is 12.4 Å². The average Bonchev–Trinajstić information content (AvgIpc) is 2.23. The maximum atomic E-state index is 11.6. The van der Waals surface area contributed by atoms with Crippen LogP contribution in [-0.2, 0) is 9.53 Å². The molecule has 5 heteroatoms. The molecule has 98 valence electrons. The van der Waals surface area contributed by atoms with E-state index in [1.54, 1.807) is 7.11 Å². The number of carbonyl (C=O) groups is 1. The molecule has 3 N–H and O–H groups in total. The predicted molar refractivity (Wildman–Crippen MR) is 68.8 cm³/mol. The zero-order valence-electron chi connectivity index (χ0n) is 10.9. The lowest BCUT2D eigenvalue weighted by atomic mass is 9.99. The van der Waals surface area contributed by atoms with Crippen molar-refractivity contribution in [3.8, 4) is 0 Å². The summed E-state index contributed by atoms with van der Waals surface area (Å²) in [6.45, 7) is 8.32. The molecule has 2 unspecified atom stereocenters. The molecule has 2 atom stereocenters. The molecule has 0 aliphatic heterocycles. The lowest BCUT2D eigenvalue weighted by Crippen LogP contribution is -2.49. The molecule has 0 spiro atoms. The lowest BCUT2D eigenvalue weighted by Gasteiger charge is -2.25. The van der Waals surface area contributed by atoms with Crippen LogP contribution in [0.5, 0.6) is 0 Å². The van der Waals surface area contributed by atoms with Gasteiger partial charge in [-0.2, -0.15) is 0 Å². The Morgan fingerprint density at radius 2 is 2.00 bits per heavy atom. The van der Waals surface area contributed by atoms with Gasteiger partial charge in [-0.1, -0.05) is 20.3 Å². The summed E-state index contributed by atoms with van der Waals surface area (Å²) in [6.07, 6.45) is 0.905. The van der Waals surface area contributed by atoms with Crippen LogP contribution < -0.4 is 11.1 Å². The van der Waals surface area contributed by atoms with Crippen molar-refractivity contribution >= 4 is 18.3 Å². The summed E-state index contributed by atoms with van der Waals surface area (Å²) >= 11 is 0. The number of hydrogen-bond donors (Lipinski definition) is 2. The maximum absolute atomic E-state index is 11.6. The van der Waals surface area contributed by atoms with Gasteiger partial charge in [-0.15, -0.1) is 12.4 Å². The van der Waals surface area contributed by atoms with Crippen LogP contribution in [0.15, 0.2) is 0 Å². The van der Waals surface area contributed by atoms with Crippen LogP contribution in [0, 0.1) is 5.92 Å². The minimum atomic E-state index is -0.428. The first-order valence-corrected chi connectivity index (χ1v) is 5.42. The second-order valence-corrected chi connectivity index (χ2v) is 4.59. The number of amides is 1. The van der Waals surface area contributed by atoms with E-state index in [4.69, 9.17) is 10.5 Å². The maximum Gasteiger partial charge on any atom is 0.237 e. The Kier molecular flexibility index (Phi) is 8.88. The number of methoxy groups -OCH3 is 1. The highest BCUT2D eigenvalue weighted by Gasteiger charge is 2.22. The highest BCUT2D eigenvalue weighted by Crippen LogP contribution is 2.07. The first-order valence-electron chi connectivity index (χ1n) is 5.42. The molecule has 0 heterocycles. The Hall–Kier alpha value is -0.320. The highest BCUT2D eigenvalue weighted by atomic mass is 35.5. The van der Waals surface area contributed by atoms with E-state index in [1.165, 1.54) is 0 Å². The largest absolute Gasteiger partial charge is 0.377 e. The molecule has 0 bridgehead atoms. The van der Waals surface area contributed by atoms with Crippen molar-refractivity contribution in [1.29, 1.82) is 0 Å². The van der Waals surface area contributed by atoms with E-state index in [1.807, 2.05) is 27.7 Å². The smallest absolute Gasteiger partial charge is 0.237 e. The van der Waals surface area contributed by atoms with Crippen LogP contribution in [0.4, 0.5) is 0 Å². The summed E-state index contributed by atoms with van der Waals surface area (Å²) < 4.78 is 5.20. The molecule has 0 fully saturated rings. The molecule has 0 aromatic rings. The monoisotopic (exact) mass is 252 g/mol. The Bertz CT molecular complexity index is 210. The quantitative estimate of drug-likeness (QED) is 0.750. The third kappa shape index (κ3) is 6.30. The molecular weight excluding hydrogens is 228 g/mol. The van der Waals surface area contributed by atoms with Gasteiger partial charge in [0, 0.05) is 13.7 Å². The Morgan fingerprint density at radius 1 is 1.50 bits per heavy atom. The van der Waals surface area contributed by atoms with E-state index >= 15 is 0 Å². The molecule has 16 heavy (non-hydrogen) atoms. The van der Waals surface area contributed by atoms with Crippen LogP contribution in [-0.4, -0.2) is 31.2 Å². The van der Waals surface area contributed by atoms with Crippen LogP contribution in [0.3, 0.4) is 0 Å². The van der Waals surface area contributed by atoms with Crippen molar-refractivity contribution in [3.05, 3.63) is 0 Å². The SMILES string of the molecule is CCC(C)C(N)C(=O)NCC(C)(C)OC.Cl. The fraction of sp³-hybridized carbons (Fsp3) is 0.909. The van der Waals surface area contributed by atoms with Crippen LogP contribution in [0.1, 0.15) is 34.1 Å². The normalized spacial score (nSPS) is 14.9. The summed E-state index contributed by atoms with van der Waals surface area (Å²) in [6, 6.07) is -0.428. The van der Waals surface area contributed by atoms with Crippen molar-refractivity contribution in [3.63, 3.8) is 0 Å². The van der Waals surface area contributed by atoms with Gasteiger partial charge in [0.25, 0.3) is 0 Å². The molecule has 0 aliphatic carbocycles. The van der Waals surface area contributed by atoms with E-state index in [-0.39, 0.29) is 29.8 Å². The Labute approximate surface area is 105 Å². The van der Waals surface area contributed by atoms with Gasteiger partial charge in [-0.05, 0) is 19.8 Å². The van der Waals surface area contributed by atoms with Gasteiger partial charge in [0.1, 0.15) is 0 Å². The number of nitrogens with one attached hydrogen (secondary N) is 1. The van der Waals surface area contributed by atoms with Crippen molar-refractivity contribution in [2.45, 2.75) is 45.8 Å². The second kappa shape index (κ2) is 7.87. The molecule has 0 radical (unpaired) electrons. The summed E-state index contributed by atoms with van der Waals surface area (Å²) in [4.78, 5) is 11.6. The minimum absolute atomic E-state index is 0. The number of nitrogens with two attached hydrogens (primary N) is 1. The average molecular weight is 253 g/mol. The van der Waals surface area contributed by atoms with Crippen molar-refractivity contribution < 1.29 is 9.53 Å². The van der Waals surface area contributed by atoms with Crippen molar-refractivity contribution in [1.82, 2.24) is 5.32 Å². The molecule has 1 amide bonds. The Balaban J connectivity index is 0. The molecule has 4 nitrogen and oxygen atoms in total. The third-order valence-electron chi connectivity index (χ3n) is 2.80. The number of rotatable bonds is 6. The minimum Gasteiger partial charge on any atom is -0.377 e. The highest BCUT2D eigenvalue weighted by molar-refractivity contribution is 5.85. The number of ether oxygens (including phenoxy) is 1. The molecule has 0 saturated carbocycles. The van der Waals surface area contributed by atoms with E-state index < -0.39 is 6.04 Å². The van der Waals surface area contributed by atoms with Crippen molar-refractivity contribution in [2.24, 2.45) is 11.7 Å². The zero-order chi connectivity index (χ0) is 12.1. The molecule has 0 rings (SSSR count). The molecule has 0 aromatic carbocycles. The van der Waals surface area contributed by atoms with Gasteiger partial charge in [-0.3, -0.25) is 4.79 Å². The number of carbonyl (C=O) groups excluding carboxylic acids is 1. The fourth-order valence-electron chi connectivity index (χ4n) is 1.00. The van der Waals surface area contributed by atoms with Crippen LogP contribution in [0.2, 0.25) is 0 Å². The van der Waals surface area contributed by atoms with E-state index in [0.717, 1.165) is 6.42 Å². The fourth-order valence-corrected chi connectivity index (χ4v) is 1.00.